The normalized spacial score (nSPS) is 10.9. The number of rotatable bonds is 3. The Kier molecular flexibility index (Phi) is 3.16. The Morgan fingerprint density at radius 2 is 1.68 bits per heavy atom. The molecule has 0 radical (unpaired) electrons. The van der Waals surface area contributed by atoms with E-state index in [2.05, 4.69) is 46.6 Å². The van der Waals surface area contributed by atoms with Crippen molar-refractivity contribution in [2.45, 2.75) is 6.54 Å². The summed E-state index contributed by atoms with van der Waals surface area (Å²) in [5, 5.41) is 5.65. The van der Waals surface area contributed by atoms with Gasteiger partial charge in [-0.3, -0.25) is 9.67 Å². The zero-order valence-electron chi connectivity index (χ0n) is 12.1. The van der Waals surface area contributed by atoms with Crippen LogP contribution in [-0.2, 0) is 6.54 Å². The fraction of sp³-hybridized carbons (Fsp3) is 0.0526. The Hall–Kier alpha value is -2.94. The van der Waals surface area contributed by atoms with Gasteiger partial charge in [-0.05, 0) is 23.3 Å². The van der Waals surface area contributed by atoms with Crippen molar-refractivity contribution in [1.29, 1.82) is 0 Å². The second-order valence-electron chi connectivity index (χ2n) is 5.29. The van der Waals surface area contributed by atoms with Crippen LogP contribution in [0.15, 0.2) is 79.3 Å². The number of pyridine rings is 1. The van der Waals surface area contributed by atoms with Gasteiger partial charge in [0.15, 0.2) is 0 Å². The van der Waals surface area contributed by atoms with Gasteiger partial charge in [-0.1, -0.05) is 48.5 Å². The molecule has 22 heavy (non-hydrogen) atoms. The van der Waals surface area contributed by atoms with Crippen LogP contribution in [0.25, 0.3) is 22.0 Å². The van der Waals surface area contributed by atoms with E-state index in [1.165, 1.54) is 11.1 Å². The molecule has 0 atom stereocenters. The maximum absolute atomic E-state index is 4.49. The van der Waals surface area contributed by atoms with Crippen LogP contribution in [0.4, 0.5) is 0 Å². The maximum Gasteiger partial charge on any atom is 0.0708 e. The molecular formula is C19H15N3. The van der Waals surface area contributed by atoms with Crippen LogP contribution < -0.4 is 0 Å². The molecule has 106 valence electrons. The Morgan fingerprint density at radius 1 is 0.864 bits per heavy atom. The fourth-order valence-corrected chi connectivity index (χ4v) is 2.71. The van der Waals surface area contributed by atoms with Crippen molar-refractivity contribution in [3.05, 3.63) is 84.8 Å². The first kappa shape index (κ1) is 12.8. The van der Waals surface area contributed by atoms with Crippen molar-refractivity contribution in [2.24, 2.45) is 0 Å². The molecule has 0 aliphatic carbocycles. The van der Waals surface area contributed by atoms with Crippen LogP contribution in [0.3, 0.4) is 0 Å². The number of aromatic nitrogens is 3. The van der Waals surface area contributed by atoms with E-state index in [1.54, 1.807) is 0 Å². The Labute approximate surface area is 128 Å². The van der Waals surface area contributed by atoms with Gasteiger partial charge in [-0.15, -0.1) is 0 Å². The van der Waals surface area contributed by atoms with E-state index < -0.39 is 0 Å². The van der Waals surface area contributed by atoms with E-state index in [4.69, 9.17) is 0 Å². The first-order valence-electron chi connectivity index (χ1n) is 7.31. The van der Waals surface area contributed by atoms with Gasteiger partial charge in [0, 0.05) is 23.3 Å². The van der Waals surface area contributed by atoms with E-state index in [-0.39, 0.29) is 0 Å². The fourth-order valence-electron chi connectivity index (χ4n) is 2.71. The van der Waals surface area contributed by atoms with Crippen LogP contribution in [0, 0.1) is 0 Å². The number of fused-ring (bicyclic) bond motifs is 1. The highest BCUT2D eigenvalue weighted by molar-refractivity contribution is 5.93. The monoisotopic (exact) mass is 285 g/mol. The zero-order valence-corrected chi connectivity index (χ0v) is 12.1. The summed E-state index contributed by atoms with van der Waals surface area (Å²) in [5.74, 6) is 0. The minimum absolute atomic E-state index is 0.782. The molecule has 4 aromatic rings. The molecule has 0 bridgehead atoms. The number of para-hydroxylation sites is 1. The van der Waals surface area contributed by atoms with Crippen molar-refractivity contribution in [3.63, 3.8) is 0 Å². The summed E-state index contributed by atoms with van der Waals surface area (Å²) in [4.78, 5) is 4.41. The zero-order chi connectivity index (χ0) is 14.8. The third-order valence-electron chi connectivity index (χ3n) is 3.78. The largest absolute Gasteiger partial charge is 0.268 e. The molecule has 0 unspecified atom stereocenters. The molecule has 0 aliphatic rings. The van der Waals surface area contributed by atoms with Gasteiger partial charge in [0.05, 0.1) is 18.3 Å². The SMILES string of the molecule is c1ccc(Cn2cc(-c3ccnc4ccccc34)cn2)cc1. The number of hydrogen-bond acceptors (Lipinski definition) is 2. The third-order valence-corrected chi connectivity index (χ3v) is 3.78. The molecule has 0 N–H and O–H groups in total. The lowest BCUT2D eigenvalue weighted by molar-refractivity contribution is 0.687. The minimum Gasteiger partial charge on any atom is -0.268 e. The van der Waals surface area contributed by atoms with Crippen LogP contribution in [0.1, 0.15) is 5.56 Å². The summed E-state index contributed by atoms with van der Waals surface area (Å²) in [5.41, 5.74) is 4.55. The predicted octanol–water partition coefficient (Wildman–Crippen LogP) is 4.15. The smallest absolute Gasteiger partial charge is 0.0708 e. The molecule has 3 heteroatoms. The summed E-state index contributed by atoms with van der Waals surface area (Å²) in [6.07, 6.45) is 5.87. The summed E-state index contributed by atoms with van der Waals surface area (Å²) in [7, 11) is 0. The standard InChI is InChI=1S/C19H15N3/c1-2-6-15(7-3-1)13-22-14-16(12-21-22)17-10-11-20-19-9-5-4-8-18(17)19/h1-12,14H,13H2. The van der Waals surface area contributed by atoms with Gasteiger partial charge in [0.25, 0.3) is 0 Å². The summed E-state index contributed by atoms with van der Waals surface area (Å²) in [6, 6.07) is 20.6. The number of hydrogen-bond donors (Lipinski definition) is 0. The molecular weight excluding hydrogens is 270 g/mol. The van der Waals surface area contributed by atoms with Gasteiger partial charge in [0.2, 0.25) is 0 Å². The van der Waals surface area contributed by atoms with E-state index in [9.17, 15) is 0 Å². The van der Waals surface area contributed by atoms with Crippen molar-refractivity contribution >= 4 is 10.9 Å². The van der Waals surface area contributed by atoms with Crippen molar-refractivity contribution in [2.75, 3.05) is 0 Å². The Morgan fingerprint density at radius 3 is 2.59 bits per heavy atom. The molecule has 2 heterocycles. The lowest BCUT2D eigenvalue weighted by atomic mass is 10.0. The highest BCUT2D eigenvalue weighted by Gasteiger charge is 2.06. The molecule has 0 spiro atoms. The summed E-state index contributed by atoms with van der Waals surface area (Å²) in [6.45, 7) is 0.782. The maximum atomic E-state index is 4.49. The second-order valence-corrected chi connectivity index (χ2v) is 5.29. The highest BCUT2D eigenvalue weighted by Crippen LogP contribution is 2.26. The molecule has 2 aromatic heterocycles. The van der Waals surface area contributed by atoms with Crippen molar-refractivity contribution in [1.82, 2.24) is 14.8 Å². The van der Waals surface area contributed by atoms with Crippen LogP contribution >= 0.6 is 0 Å². The van der Waals surface area contributed by atoms with E-state index in [0.717, 1.165) is 23.0 Å². The predicted molar refractivity (Wildman–Crippen MR) is 88.5 cm³/mol. The minimum atomic E-state index is 0.782. The lowest BCUT2D eigenvalue weighted by Gasteiger charge is -2.03. The van der Waals surface area contributed by atoms with Crippen LogP contribution in [-0.4, -0.2) is 14.8 Å². The van der Waals surface area contributed by atoms with Crippen LogP contribution in [0.5, 0.6) is 0 Å². The van der Waals surface area contributed by atoms with E-state index in [0.29, 0.717) is 0 Å². The van der Waals surface area contributed by atoms with Gasteiger partial charge in [-0.25, -0.2) is 0 Å². The van der Waals surface area contributed by atoms with Gasteiger partial charge in [-0.2, -0.15) is 5.10 Å². The first-order valence-corrected chi connectivity index (χ1v) is 7.31. The third kappa shape index (κ3) is 2.37. The van der Waals surface area contributed by atoms with Crippen LogP contribution in [0.2, 0.25) is 0 Å². The Bertz CT molecular complexity index is 905. The first-order chi connectivity index (χ1) is 10.9. The molecule has 0 amide bonds. The molecule has 0 fully saturated rings. The number of nitrogens with zero attached hydrogens (tertiary/aromatic N) is 3. The molecule has 0 aliphatic heterocycles. The molecule has 0 saturated heterocycles. The topological polar surface area (TPSA) is 30.7 Å². The average molecular weight is 285 g/mol. The molecule has 0 saturated carbocycles. The van der Waals surface area contributed by atoms with Gasteiger partial charge < -0.3 is 0 Å². The highest BCUT2D eigenvalue weighted by atomic mass is 15.3. The Balaban J connectivity index is 1.71. The van der Waals surface area contributed by atoms with Gasteiger partial charge in [0.1, 0.15) is 0 Å². The molecule has 2 aromatic carbocycles. The average Bonchev–Trinajstić information content (AvgIpc) is 3.03. The second kappa shape index (κ2) is 5.45. The lowest BCUT2D eigenvalue weighted by Crippen LogP contribution is -1.99. The van der Waals surface area contributed by atoms with Gasteiger partial charge >= 0.3 is 0 Å². The molecule has 4 rings (SSSR count). The van der Waals surface area contributed by atoms with Crippen molar-refractivity contribution in [3.8, 4) is 11.1 Å². The molecule has 3 nitrogen and oxygen atoms in total. The van der Waals surface area contributed by atoms with E-state index in [1.807, 2.05) is 47.4 Å². The summed E-state index contributed by atoms with van der Waals surface area (Å²) >= 11 is 0. The van der Waals surface area contributed by atoms with Crippen molar-refractivity contribution < 1.29 is 0 Å². The van der Waals surface area contributed by atoms with E-state index >= 15 is 0 Å². The number of benzene rings is 2. The quantitative estimate of drug-likeness (QED) is 0.566. The summed E-state index contributed by atoms with van der Waals surface area (Å²) < 4.78 is 1.97.